The summed E-state index contributed by atoms with van der Waals surface area (Å²) < 4.78 is 6.07. The van der Waals surface area contributed by atoms with Gasteiger partial charge in [-0.25, -0.2) is 4.79 Å². The Balaban J connectivity index is 2.08. The minimum absolute atomic E-state index is 0.0226. The van der Waals surface area contributed by atoms with E-state index in [9.17, 15) is 4.79 Å². The maximum Gasteiger partial charge on any atom is 0.372 e. The van der Waals surface area contributed by atoms with Crippen LogP contribution in [0.2, 0.25) is 5.02 Å². The number of nitrogens with one attached hydrogen (secondary N) is 1. The van der Waals surface area contributed by atoms with Crippen LogP contribution in [-0.4, -0.2) is 11.1 Å². The highest BCUT2D eigenvalue weighted by Crippen LogP contribution is 2.26. The van der Waals surface area contributed by atoms with E-state index in [1.54, 1.807) is 19.1 Å². The molecule has 0 amide bonds. The van der Waals surface area contributed by atoms with E-state index < -0.39 is 5.97 Å². The normalized spacial score (nSPS) is 10.5. The van der Waals surface area contributed by atoms with Crippen LogP contribution in [0.15, 0.2) is 33.2 Å². The lowest BCUT2D eigenvalue weighted by atomic mass is 10.2. The zero-order valence-corrected chi connectivity index (χ0v) is 12.4. The molecule has 2 rings (SSSR count). The number of aromatic carboxylic acids is 1. The highest BCUT2D eigenvalue weighted by molar-refractivity contribution is 9.10. The van der Waals surface area contributed by atoms with E-state index in [0.29, 0.717) is 22.9 Å². The lowest BCUT2D eigenvalue weighted by molar-refractivity contribution is 0.0659. The van der Waals surface area contributed by atoms with E-state index >= 15 is 0 Å². The molecule has 0 unspecified atom stereocenters. The standard InChI is InChI=1S/C13H11BrClNO3/c1-7-4-9(19-12(7)13(17)18)6-16-8-2-3-10(14)11(15)5-8/h2-5,16H,6H2,1H3,(H,17,18). The number of furan rings is 1. The fourth-order valence-electron chi connectivity index (χ4n) is 1.64. The molecule has 1 aromatic heterocycles. The van der Waals surface area contributed by atoms with E-state index in [1.807, 2.05) is 12.1 Å². The predicted molar refractivity (Wildman–Crippen MR) is 76.9 cm³/mol. The van der Waals surface area contributed by atoms with Crippen LogP contribution in [0.5, 0.6) is 0 Å². The van der Waals surface area contributed by atoms with Gasteiger partial charge in [-0.1, -0.05) is 11.6 Å². The average molecular weight is 345 g/mol. The number of halogens is 2. The van der Waals surface area contributed by atoms with Crippen molar-refractivity contribution in [1.82, 2.24) is 0 Å². The summed E-state index contributed by atoms with van der Waals surface area (Å²) in [5.41, 5.74) is 1.44. The zero-order valence-electron chi connectivity index (χ0n) is 10.0. The van der Waals surface area contributed by atoms with Crippen molar-refractivity contribution in [2.75, 3.05) is 5.32 Å². The summed E-state index contributed by atoms with van der Waals surface area (Å²) in [6, 6.07) is 7.18. The third kappa shape index (κ3) is 3.30. The van der Waals surface area contributed by atoms with Gasteiger partial charge in [0.1, 0.15) is 5.76 Å². The molecule has 0 bridgehead atoms. The molecule has 0 aliphatic rings. The van der Waals surface area contributed by atoms with Crippen molar-refractivity contribution in [3.05, 3.63) is 50.8 Å². The van der Waals surface area contributed by atoms with E-state index in [4.69, 9.17) is 21.1 Å². The molecular weight excluding hydrogens is 334 g/mol. The summed E-state index contributed by atoms with van der Waals surface area (Å²) in [4.78, 5) is 10.9. The van der Waals surface area contributed by atoms with Gasteiger partial charge >= 0.3 is 5.97 Å². The fourth-order valence-corrected chi connectivity index (χ4v) is 2.07. The monoisotopic (exact) mass is 343 g/mol. The molecule has 1 heterocycles. The van der Waals surface area contributed by atoms with Gasteiger partial charge in [-0.3, -0.25) is 0 Å². The summed E-state index contributed by atoms with van der Waals surface area (Å²) in [5, 5.41) is 12.6. The lowest BCUT2D eigenvalue weighted by Gasteiger charge is -2.05. The van der Waals surface area contributed by atoms with Gasteiger partial charge < -0.3 is 14.8 Å². The summed E-state index contributed by atoms with van der Waals surface area (Å²) >= 11 is 9.29. The second-order valence-corrected chi connectivity index (χ2v) is 5.27. The van der Waals surface area contributed by atoms with Crippen LogP contribution in [0, 0.1) is 6.92 Å². The van der Waals surface area contributed by atoms with Crippen molar-refractivity contribution in [2.45, 2.75) is 13.5 Å². The van der Waals surface area contributed by atoms with Crippen molar-refractivity contribution >= 4 is 39.2 Å². The van der Waals surface area contributed by atoms with E-state index in [-0.39, 0.29) is 5.76 Å². The number of benzene rings is 1. The molecule has 0 radical (unpaired) electrons. The molecule has 0 saturated carbocycles. The van der Waals surface area contributed by atoms with Gasteiger partial charge in [0.2, 0.25) is 5.76 Å². The molecule has 0 aliphatic carbocycles. The third-order valence-electron chi connectivity index (χ3n) is 2.55. The Kier molecular flexibility index (Phi) is 4.17. The Hall–Kier alpha value is -1.46. The predicted octanol–water partition coefficient (Wildman–Crippen LogP) is 4.31. The van der Waals surface area contributed by atoms with Crippen LogP contribution in [0.1, 0.15) is 21.9 Å². The molecule has 0 atom stereocenters. The quantitative estimate of drug-likeness (QED) is 0.867. The van der Waals surface area contributed by atoms with Crippen molar-refractivity contribution in [1.29, 1.82) is 0 Å². The number of aryl methyl sites for hydroxylation is 1. The Morgan fingerprint density at radius 1 is 1.47 bits per heavy atom. The van der Waals surface area contributed by atoms with Gasteiger partial charge in [0, 0.05) is 15.7 Å². The molecule has 19 heavy (non-hydrogen) atoms. The van der Waals surface area contributed by atoms with Crippen LogP contribution >= 0.6 is 27.5 Å². The average Bonchev–Trinajstić information content (AvgIpc) is 2.72. The zero-order chi connectivity index (χ0) is 14.0. The van der Waals surface area contributed by atoms with Crippen molar-refractivity contribution in [2.24, 2.45) is 0 Å². The van der Waals surface area contributed by atoms with Gasteiger partial charge in [-0.05, 0) is 47.1 Å². The van der Waals surface area contributed by atoms with E-state index in [1.165, 1.54) is 0 Å². The number of rotatable bonds is 4. The van der Waals surface area contributed by atoms with Crippen molar-refractivity contribution in [3.63, 3.8) is 0 Å². The van der Waals surface area contributed by atoms with Gasteiger partial charge in [-0.2, -0.15) is 0 Å². The summed E-state index contributed by atoms with van der Waals surface area (Å²) in [6.07, 6.45) is 0. The summed E-state index contributed by atoms with van der Waals surface area (Å²) in [5.74, 6) is -0.519. The molecule has 0 aliphatic heterocycles. The Morgan fingerprint density at radius 3 is 2.79 bits per heavy atom. The Bertz CT molecular complexity index is 624. The number of hydrogen-bond donors (Lipinski definition) is 2. The minimum Gasteiger partial charge on any atom is -0.475 e. The smallest absolute Gasteiger partial charge is 0.372 e. The second kappa shape index (κ2) is 5.67. The van der Waals surface area contributed by atoms with Gasteiger partial charge in [0.25, 0.3) is 0 Å². The number of hydrogen-bond acceptors (Lipinski definition) is 3. The third-order valence-corrected chi connectivity index (χ3v) is 3.78. The van der Waals surface area contributed by atoms with E-state index in [0.717, 1.165) is 10.2 Å². The molecule has 2 N–H and O–H groups in total. The van der Waals surface area contributed by atoms with Crippen LogP contribution in [0.3, 0.4) is 0 Å². The molecule has 100 valence electrons. The Labute approximate surface area is 123 Å². The molecule has 6 heteroatoms. The highest BCUT2D eigenvalue weighted by atomic mass is 79.9. The van der Waals surface area contributed by atoms with E-state index in [2.05, 4.69) is 21.2 Å². The topological polar surface area (TPSA) is 62.5 Å². The SMILES string of the molecule is Cc1cc(CNc2ccc(Br)c(Cl)c2)oc1C(=O)O. The minimum atomic E-state index is -1.06. The first-order valence-corrected chi connectivity index (χ1v) is 6.66. The van der Waals surface area contributed by atoms with Gasteiger partial charge in [0.05, 0.1) is 11.6 Å². The van der Waals surface area contributed by atoms with Crippen LogP contribution < -0.4 is 5.32 Å². The first kappa shape index (κ1) is 14.0. The molecule has 0 saturated heterocycles. The summed E-state index contributed by atoms with van der Waals surface area (Å²) in [7, 11) is 0. The first-order chi connectivity index (χ1) is 8.97. The molecule has 2 aromatic rings. The first-order valence-electron chi connectivity index (χ1n) is 5.49. The van der Waals surface area contributed by atoms with Gasteiger partial charge in [0.15, 0.2) is 0 Å². The molecular formula is C13H11BrClNO3. The number of anilines is 1. The molecule has 0 fully saturated rings. The molecule has 0 spiro atoms. The Morgan fingerprint density at radius 2 is 2.21 bits per heavy atom. The molecule has 4 nitrogen and oxygen atoms in total. The largest absolute Gasteiger partial charge is 0.475 e. The number of carboxylic acid groups (broad SMARTS) is 1. The molecule has 1 aromatic carbocycles. The summed E-state index contributed by atoms with van der Waals surface area (Å²) in [6.45, 7) is 2.10. The lowest BCUT2D eigenvalue weighted by Crippen LogP contribution is -1.98. The maximum atomic E-state index is 10.9. The maximum absolute atomic E-state index is 10.9. The highest BCUT2D eigenvalue weighted by Gasteiger charge is 2.13. The van der Waals surface area contributed by atoms with Gasteiger partial charge in [-0.15, -0.1) is 0 Å². The van der Waals surface area contributed by atoms with Crippen molar-refractivity contribution in [3.8, 4) is 0 Å². The fraction of sp³-hybridized carbons (Fsp3) is 0.154. The number of carbonyl (C=O) groups is 1. The van der Waals surface area contributed by atoms with Crippen LogP contribution in [0.25, 0.3) is 0 Å². The number of carboxylic acids is 1. The second-order valence-electron chi connectivity index (χ2n) is 4.01. The van der Waals surface area contributed by atoms with Crippen LogP contribution in [0.4, 0.5) is 5.69 Å². The van der Waals surface area contributed by atoms with Crippen LogP contribution in [-0.2, 0) is 6.54 Å². The van der Waals surface area contributed by atoms with Crippen molar-refractivity contribution < 1.29 is 14.3 Å².